The Morgan fingerprint density at radius 1 is 1.54 bits per heavy atom. The first-order valence-corrected chi connectivity index (χ1v) is 6.22. The molecule has 13 heavy (non-hydrogen) atoms. The van der Waals surface area contributed by atoms with Crippen LogP contribution >= 0.6 is 39.9 Å². The van der Waals surface area contributed by atoms with Gasteiger partial charge in [0.2, 0.25) is 0 Å². The van der Waals surface area contributed by atoms with Crippen molar-refractivity contribution in [2.24, 2.45) is 0 Å². The van der Waals surface area contributed by atoms with Crippen LogP contribution in [0.5, 0.6) is 0 Å². The van der Waals surface area contributed by atoms with Gasteiger partial charge in [0.1, 0.15) is 0 Å². The zero-order valence-corrected chi connectivity index (χ0v) is 10.0. The number of nitrogen functional groups attached to an aromatic ring is 1. The van der Waals surface area contributed by atoms with Crippen LogP contribution in [0.2, 0.25) is 0 Å². The van der Waals surface area contributed by atoms with Gasteiger partial charge in [-0.15, -0.1) is 24.0 Å². The van der Waals surface area contributed by atoms with Crippen LogP contribution in [-0.2, 0) is 5.33 Å². The number of thiophene rings is 1. The number of benzene rings is 1. The fourth-order valence-electron chi connectivity index (χ4n) is 1.35. The molecule has 2 aromatic rings. The Bertz CT molecular complexity index is 450. The lowest BCUT2D eigenvalue weighted by molar-refractivity contribution is 1.46. The molecule has 2 rings (SSSR count). The van der Waals surface area contributed by atoms with Gasteiger partial charge in [0.15, 0.2) is 0 Å². The lowest BCUT2D eigenvalue weighted by atomic mass is 10.1. The molecule has 0 aliphatic carbocycles. The summed E-state index contributed by atoms with van der Waals surface area (Å²) in [6.45, 7) is 0. The number of nitrogens with two attached hydrogens (primary N) is 1. The average Bonchev–Trinajstić information content (AvgIpc) is 2.53. The van der Waals surface area contributed by atoms with E-state index in [1.165, 1.54) is 10.1 Å². The SMILES string of the molecule is Nc1cc(S)c2sccc2c1CBr. The molecule has 1 heterocycles. The highest BCUT2D eigenvalue weighted by Gasteiger charge is 2.08. The van der Waals surface area contributed by atoms with Crippen LogP contribution in [0.15, 0.2) is 22.4 Å². The third-order valence-electron chi connectivity index (χ3n) is 2.00. The lowest BCUT2D eigenvalue weighted by Crippen LogP contribution is -1.92. The number of fused-ring (bicyclic) bond motifs is 1. The summed E-state index contributed by atoms with van der Waals surface area (Å²) in [5.74, 6) is 0. The largest absolute Gasteiger partial charge is 0.398 e. The summed E-state index contributed by atoms with van der Waals surface area (Å²) < 4.78 is 1.21. The monoisotopic (exact) mass is 273 g/mol. The summed E-state index contributed by atoms with van der Waals surface area (Å²) in [5, 5.41) is 4.07. The van der Waals surface area contributed by atoms with Crippen LogP contribution in [0.3, 0.4) is 0 Å². The minimum atomic E-state index is 0.792. The summed E-state index contributed by atoms with van der Waals surface area (Å²) in [6.07, 6.45) is 0. The number of thiol groups is 1. The van der Waals surface area contributed by atoms with Crippen molar-refractivity contribution in [2.45, 2.75) is 10.2 Å². The van der Waals surface area contributed by atoms with E-state index in [1.807, 2.05) is 6.07 Å². The zero-order valence-electron chi connectivity index (χ0n) is 6.75. The number of anilines is 1. The van der Waals surface area contributed by atoms with E-state index in [0.29, 0.717) is 0 Å². The molecular formula is C9H8BrNS2. The van der Waals surface area contributed by atoms with Gasteiger partial charge < -0.3 is 5.73 Å². The smallest absolute Gasteiger partial charge is 0.0480 e. The van der Waals surface area contributed by atoms with Crippen molar-refractivity contribution in [1.29, 1.82) is 0 Å². The maximum Gasteiger partial charge on any atom is 0.0480 e. The van der Waals surface area contributed by atoms with Gasteiger partial charge in [-0.3, -0.25) is 0 Å². The second-order valence-corrected chi connectivity index (χ2v) is 4.72. The van der Waals surface area contributed by atoms with Gasteiger partial charge in [0.25, 0.3) is 0 Å². The molecule has 4 heteroatoms. The highest BCUT2D eigenvalue weighted by molar-refractivity contribution is 9.08. The van der Waals surface area contributed by atoms with Crippen LogP contribution < -0.4 is 5.73 Å². The minimum Gasteiger partial charge on any atom is -0.398 e. The van der Waals surface area contributed by atoms with Gasteiger partial charge >= 0.3 is 0 Å². The molecule has 0 saturated carbocycles. The van der Waals surface area contributed by atoms with Gasteiger partial charge in [-0.05, 0) is 28.5 Å². The average molecular weight is 274 g/mol. The summed E-state index contributed by atoms with van der Waals surface area (Å²) in [7, 11) is 0. The molecule has 0 aliphatic heterocycles. The predicted octanol–water partition coefficient (Wildman–Crippen LogP) is 3.67. The van der Waals surface area contributed by atoms with Gasteiger partial charge in [0, 0.05) is 20.6 Å². The quantitative estimate of drug-likeness (QED) is 0.463. The minimum absolute atomic E-state index is 0.792. The predicted molar refractivity (Wildman–Crippen MR) is 66.1 cm³/mol. The maximum absolute atomic E-state index is 5.88. The molecule has 0 bridgehead atoms. The third kappa shape index (κ3) is 1.47. The Hall–Kier alpha value is -0.190. The van der Waals surface area contributed by atoms with E-state index in [4.69, 9.17) is 5.73 Å². The molecule has 0 fully saturated rings. The summed E-state index contributed by atoms with van der Waals surface area (Å²) >= 11 is 9.53. The number of hydrogen-bond acceptors (Lipinski definition) is 3. The second kappa shape index (κ2) is 3.52. The Morgan fingerprint density at radius 3 is 3.00 bits per heavy atom. The van der Waals surface area contributed by atoms with Crippen LogP contribution in [-0.4, -0.2) is 0 Å². The van der Waals surface area contributed by atoms with Gasteiger partial charge in [-0.25, -0.2) is 0 Å². The molecule has 1 nitrogen and oxygen atoms in total. The summed E-state index contributed by atoms with van der Waals surface area (Å²) in [5.41, 5.74) is 7.86. The number of alkyl halides is 1. The highest BCUT2D eigenvalue weighted by Crippen LogP contribution is 2.34. The Kier molecular flexibility index (Phi) is 2.53. The maximum atomic E-state index is 5.88. The van der Waals surface area contributed by atoms with Crippen molar-refractivity contribution in [2.75, 3.05) is 5.73 Å². The van der Waals surface area contributed by atoms with Crippen molar-refractivity contribution >= 4 is 55.7 Å². The van der Waals surface area contributed by atoms with E-state index >= 15 is 0 Å². The highest BCUT2D eigenvalue weighted by atomic mass is 79.9. The fraction of sp³-hybridized carbons (Fsp3) is 0.111. The summed E-state index contributed by atoms with van der Waals surface area (Å²) in [6, 6.07) is 4.01. The summed E-state index contributed by atoms with van der Waals surface area (Å²) in [4.78, 5) is 0.965. The number of halogens is 1. The van der Waals surface area contributed by atoms with Gasteiger partial charge in [-0.2, -0.15) is 0 Å². The first kappa shape index (κ1) is 9.37. The first-order valence-electron chi connectivity index (χ1n) is 3.77. The van der Waals surface area contributed by atoms with E-state index in [2.05, 4.69) is 40.0 Å². The van der Waals surface area contributed by atoms with Crippen molar-refractivity contribution in [3.63, 3.8) is 0 Å². The van der Waals surface area contributed by atoms with Crippen molar-refractivity contribution in [3.05, 3.63) is 23.1 Å². The molecule has 0 atom stereocenters. The standard InChI is InChI=1S/C9H8BrNS2/c10-4-6-5-1-2-13-9(5)8(12)3-7(6)11/h1-3,12H,4,11H2. The molecule has 68 valence electrons. The topological polar surface area (TPSA) is 26.0 Å². The Morgan fingerprint density at radius 2 is 2.31 bits per heavy atom. The van der Waals surface area contributed by atoms with Crippen LogP contribution in [0, 0.1) is 0 Å². The molecule has 1 aromatic carbocycles. The molecule has 1 aromatic heterocycles. The van der Waals surface area contributed by atoms with Gasteiger partial charge in [0.05, 0.1) is 0 Å². The van der Waals surface area contributed by atoms with E-state index in [9.17, 15) is 0 Å². The molecule has 0 aliphatic rings. The van der Waals surface area contributed by atoms with Crippen molar-refractivity contribution in [1.82, 2.24) is 0 Å². The Balaban J connectivity index is 2.88. The Labute approximate surface area is 94.5 Å². The molecule has 0 radical (unpaired) electrons. The first-order chi connectivity index (χ1) is 6.24. The number of rotatable bonds is 1. The second-order valence-electron chi connectivity index (χ2n) is 2.76. The fourth-order valence-corrected chi connectivity index (χ4v) is 3.23. The molecule has 0 spiro atoms. The molecular weight excluding hydrogens is 266 g/mol. The van der Waals surface area contributed by atoms with E-state index in [0.717, 1.165) is 21.5 Å². The zero-order chi connectivity index (χ0) is 9.42. The van der Waals surface area contributed by atoms with Crippen LogP contribution in [0.25, 0.3) is 10.1 Å². The molecule has 0 amide bonds. The van der Waals surface area contributed by atoms with Crippen LogP contribution in [0.1, 0.15) is 5.56 Å². The van der Waals surface area contributed by atoms with Crippen molar-refractivity contribution < 1.29 is 0 Å². The van der Waals surface area contributed by atoms with E-state index in [-0.39, 0.29) is 0 Å². The molecule has 0 unspecified atom stereocenters. The van der Waals surface area contributed by atoms with Crippen molar-refractivity contribution in [3.8, 4) is 0 Å². The van der Waals surface area contributed by atoms with E-state index in [1.54, 1.807) is 11.3 Å². The van der Waals surface area contributed by atoms with E-state index < -0.39 is 0 Å². The normalized spacial score (nSPS) is 10.9. The van der Waals surface area contributed by atoms with Gasteiger partial charge in [-0.1, -0.05) is 15.9 Å². The lowest BCUT2D eigenvalue weighted by Gasteiger charge is -2.05. The molecule has 0 saturated heterocycles. The number of hydrogen-bond donors (Lipinski definition) is 2. The third-order valence-corrected chi connectivity index (χ3v) is 4.01. The molecule has 2 N–H and O–H groups in total. The van der Waals surface area contributed by atoms with Crippen LogP contribution in [0.4, 0.5) is 5.69 Å².